The van der Waals surface area contributed by atoms with Crippen LogP contribution in [0.2, 0.25) is 0 Å². The predicted octanol–water partition coefficient (Wildman–Crippen LogP) is 4.92. The second-order valence-electron chi connectivity index (χ2n) is 6.19. The summed E-state index contributed by atoms with van der Waals surface area (Å²) in [6.45, 7) is 8.36. The summed E-state index contributed by atoms with van der Waals surface area (Å²) < 4.78 is 0. The first-order chi connectivity index (χ1) is 11.6. The van der Waals surface area contributed by atoms with Crippen molar-refractivity contribution >= 4 is 11.7 Å². The van der Waals surface area contributed by atoms with Gasteiger partial charge >= 0.3 is 0 Å². The van der Waals surface area contributed by atoms with Gasteiger partial charge in [0.2, 0.25) is 5.95 Å². The number of benzene rings is 1. The number of hydrogen-bond acceptors (Lipinski definition) is 4. The van der Waals surface area contributed by atoms with Crippen LogP contribution in [-0.2, 0) is 12.8 Å². The summed E-state index contributed by atoms with van der Waals surface area (Å²) in [6, 6.07) is 10.6. The lowest BCUT2D eigenvalue weighted by Crippen LogP contribution is -2.05. The fraction of sp³-hybridized carbons (Fsp3) is 0.450. The maximum absolute atomic E-state index is 4.52. The van der Waals surface area contributed by atoms with Gasteiger partial charge in [-0.25, -0.2) is 15.4 Å². The largest absolute Gasteiger partial charge is 0.245 e. The number of anilines is 1. The third-order valence-electron chi connectivity index (χ3n) is 3.90. The van der Waals surface area contributed by atoms with Crippen molar-refractivity contribution in [1.82, 2.24) is 9.97 Å². The van der Waals surface area contributed by atoms with Crippen molar-refractivity contribution in [2.75, 3.05) is 5.43 Å². The molecule has 4 nitrogen and oxygen atoms in total. The van der Waals surface area contributed by atoms with Gasteiger partial charge in [-0.15, -0.1) is 0 Å². The lowest BCUT2D eigenvalue weighted by Gasteiger charge is -2.07. The van der Waals surface area contributed by atoms with Gasteiger partial charge in [-0.05, 0) is 56.4 Å². The molecule has 0 spiro atoms. The van der Waals surface area contributed by atoms with Crippen LogP contribution in [0.25, 0.3) is 0 Å². The van der Waals surface area contributed by atoms with E-state index in [0.717, 1.165) is 41.9 Å². The van der Waals surface area contributed by atoms with Crippen LogP contribution in [0.15, 0.2) is 35.4 Å². The molecule has 0 fully saturated rings. The summed E-state index contributed by atoms with van der Waals surface area (Å²) in [4.78, 5) is 8.93. The third-order valence-corrected chi connectivity index (χ3v) is 3.90. The average Bonchev–Trinajstić information content (AvgIpc) is 2.58. The Morgan fingerprint density at radius 2 is 1.92 bits per heavy atom. The fourth-order valence-corrected chi connectivity index (χ4v) is 2.60. The Hall–Kier alpha value is -2.23. The first-order valence-corrected chi connectivity index (χ1v) is 8.86. The molecular formula is C20H28N4. The lowest BCUT2D eigenvalue weighted by molar-refractivity contribution is 0.795. The number of unbranched alkanes of at least 4 members (excludes halogenated alkanes) is 1. The Kier molecular flexibility index (Phi) is 6.91. The molecule has 2 aromatic rings. The van der Waals surface area contributed by atoms with E-state index in [9.17, 15) is 0 Å². The van der Waals surface area contributed by atoms with E-state index in [1.54, 1.807) is 0 Å². The minimum Gasteiger partial charge on any atom is -0.245 e. The molecule has 1 N–H and O–H groups in total. The van der Waals surface area contributed by atoms with E-state index in [-0.39, 0.29) is 0 Å². The van der Waals surface area contributed by atoms with Crippen LogP contribution in [-0.4, -0.2) is 15.7 Å². The average molecular weight is 324 g/mol. The minimum atomic E-state index is 0.569. The molecule has 128 valence electrons. The molecule has 0 saturated heterocycles. The normalized spacial score (nSPS) is 11.6. The molecule has 1 aromatic carbocycles. The molecule has 0 aliphatic carbocycles. The fourth-order valence-electron chi connectivity index (χ4n) is 2.60. The molecule has 0 radical (unpaired) electrons. The maximum Gasteiger partial charge on any atom is 0.243 e. The summed E-state index contributed by atoms with van der Waals surface area (Å²) in [6.07, 6.45) is 5.58. The summed E-state index contributed by atoms with van der Waals surface area (Å²) in [5.41, 5.74) is 8.47. The van der Waals surface area contributed by atoms with Crippen molar-refractivity contribution in [2.45, 2.75) is 59.8 Å². The van der Waals surface area contributed by atoms with E-state index in [2.05, 4.69) is 58.6 Å². The summed E-state index contributed by atoms with van der Waals surface area (Å²) in [7, 11) is 0. The molecular weight excluding hydrogens is 296 g/mol. The first-order valence-electron chi connectivity index (χ1n) is 8.86. The predicted molar refractivity (Wildman–Crippen MR) is 102 cm³/mol. The van der Waals surface area contributed by atoms with Gasteiger partial charge in [0.1, 0.15) is 0 Å². The van der Waals surface area contributed by atoms with Crippen LogP contribution < -0.4 is 5.43 Å². The van der Waals surface area contributed by atoms with Crippen molar-refractivity contribution in [3.05, 3.63) is 52.8 Å². The molecule has 4 heteroatoms. The van der Waals surface area contributed by atoms with E-state index >= 15 is 0 Å². The zero-order chi connectivity index (χ0) is 17.4. The number of hydrogen-bond donors (Lipinski definition) is 1. The second kappa shape index (κ2) is 9.16. The molecule has 0 amide bonds. The number of aromatic nitrogens is 2. The summed E-state index contributed by atoms with van der Waals surface area (Å²) in [5, 5.41) is 4.47. The molecule has 0 bridgehead atoms. The Morgan fingerprint density at radius 3 is 2.67 bits per heavy atom. The molecule has 2 rings (SSSR count). The first kappa shape index (κ1) is 18.1. The van der Waals surface area contributed by atoms with Crippen LogP contribution in [0.5, 0.6) is 0 Å². The molecule has 0 saturated carbocycles. The number of nitrogens with one attached hydrogen (secondary N) is 1. The highest BCUT2D eigenvalue weighted by Gasteiger charge is 2.03. The van der Waals surface area contributed by atoms with Crippen LogP contribution in [0, 0.1) is 6.92 Å². The summed E-state index contributed by atoms with van der Waals surface area (Å²) in [5.74, 6) is 0.569. The molecule has 24 heavy (non-hydrogen) atoms. The van der Waals surface area contributed by atoms with Gasteiger partial charge in [0, 0.05) is 11.4 Å². The Labute approximate surface area is 145 Å². The van der Waals surface area contributed by atoms with Crippen LogP contribution in [0.3, 0.4) is 0 Å². The molecule has 1 heterocycles. The van der Waals surface area contributed by atoms with E-state index in [4.69, 9.17) is 0 Å². The smallest absolute Gasteiger partial charge is 0.243 e. The molecule has 0 aliphatic rings. The quantitative estimate of drug-likeness (QED) is 0.554. The van der Waals surface area contributed by atoms with Gasteiger partial charge in [-0.2, -0.15) is 5.10 Å². The number of rotatable bonds is 8. The highest BCUT2D eigenvalue weighted by Crippen LogP contribution is 2.11. The van der Waals surface area contributed by atoms with Crippen LogP contribution in [0.4, 0.5) is 5.95 Å². The van der Waals surface area contributed by atoms with Crippen LogP contribution in [0.1, 0.15) is 62.5 Å². The third kappa shape index (κ3) is 5.44. The molecule has 0 aliphatic heterocycles. The van der Waals surface area contributed by atoms with E-state index in [0.29, 0.717) is 5.95 Å². The van der Waals surface area contributed by atoms with E-state index in [1.165, 1.54) is 18.4 Å². The van der Waals surface area contributed by atoms with Gasteiger partial charge in [0.15, 0.2) is 0 Å². The van der Waals surface area contributed by atoms with Gasteiger partial charge < -0.3 is 0 Å². The Bertz CT molecular complexity index is 692. The van der Waals surface area contributed by atoms with Crippen molar-refractivity contribution in [3.63, 3.8) is 0 Å². The molecule has 1 aromatic heterocycles. The van der Waals surface area contributed by atoms with Crippen molar-refractivity contribution in [1.29, 1.82) is 0 Å². The molecule has 0 unspecified atom stereocenters. The number of hydrazone groups is 1. The Balaban J connectivity index is 2.11. The van der Waals surface area contributed by atoms with Gasteiger partial charge in [-0.1, -0.05) is 44.9 Å². The lowest BCUT2D eigenvalue weighted by atomic mass is 10.0. The number of aryl methyl sites for hydroxylation is 3. The zero-order valence-electron chi connectivity index (χ0n) is 15.3. The van der Waals surface area contributed by atoms with Gasteiger partial charge in [0.25, 0.3) is 0 Å². The topological polar surface area (TPSA) is 50.2 Å². The SMILES string of the molecule is CCCCc1cccc(C(C)=NNc2nc(C)cc(CCC)n2)c1. The molecule has 0 atom stereocenters. The second-order valence-corrected chi connectivity index (χ2v) is 6.19. The van der Waals surface area contributed by atoms with E-state index in [1.807, 2.05) is 19.9 Å². The van der Waals surface area contributed by atoms with E-state index < -0.39 is 0 Å². The van der Waals surface area contributed by atoms with Gasteiger partial charge in [0.05, 0.1) is 5.71 Å². The number of nitrogens with zero attached hydrogens (tertiary/aromatic N) is 3. The monoisotopic (exact) mass is 324 g/mol. The standard InChI is InChI=1S/C20H28N4/c1-5-7-10-17-11-8-12-18(14-17)16(4)23-24-20-21-15(3)13-19(22-20)9-6-2/h8,11-14H,5-7,9-10H2,1-4H3,(H,21,22,24). The van der Waals surface area contributed by atoms with Crippen molar-refractivity contribution < 1.29 is 0 Å². The van der Waals surface area contributed by atoms with Crippen LogP contribution >= 0.6 is 0 Å². The Morgan fingerprint density at radius 1 is 1.08 bits per heavy atom. The highest BCUT2D eigenvalue weighted by atomic mass is 15.4. The highest BCUT2D eigenvalue weighted by molar-refractivity contribution is 5.99. The zero-order valence-corrected chi connectivity index (χ0v) is 15.3. The van der Waals surface area contributed by atoms with Gasteiger partial charge in [-0.3, -0.25) is 0 Å². The minimum absolute atomic E-state index is 0.569. The summed E-state index contributed by atoms with van der Waals surface area (Å²) >= 11 is 0. The maximum atomic E-state index is 4.52. The van der Waals surface area contributed by atoms with Crippen molar-refractivity contribution in [3.8, 4) is 0 Å². The van der Waals surface area contributed by atoms with Crippen molar-refractivity contribution in [2.24, 2.45) is 5.10 Å².